The normalized spacial score (nSPS) is 17.6. The number of fused-ring (bicyclic) bond motifs is 3. The molecule has 21 heteroatoms. The summed E-state index contributed by atoms with van der Waals surface area (Å²) in [4.78, 5) is 47.3. The first kappa shape index (κ1) is 61.4. The van der Waals surface area contributed by atoms with E-state index in [0.717, 1.165) is 174 Å². The SMILES string of the molecule is CCc1cc(OC2CCN(C(C)c3nc4nc(C)sc4cc3F)CC2)cc(C)n1.CCc1nc(C)cc(OC2CCN(C(C)c3nc4nc(C)sc4cc3F)CC2)n1.Cc1cc(OC2CCN(C(C)c3cnc4c(c3)OCCN4)CC2)cc(C)n1.[HH]. The van der Waals surface area contributed by atoms with Gasteiger partial charge in [0.1, 0.15) is 53.9 Å². The highest BCUT2D eigenvalue weighted by molar-refractivity contribution is 7.18. The van der Waals surface area contributed by atoms with Gasteiger partial charge >= 0.3 is 0 Å². The average molecular weight is 1200 g/mol. The Labute approximate surface area is 507 Å². The van der Waals surface area contributed by atoms with Crippen LogP contribution in [0.15, 0.2) is 54.7 Å². The summed E-state index contributed by atoms with van der Waals surface area (Å²) < 4.78 is 55.2. The summed E-state index contributed by atoms with van der Waals surface area (Å²) in [6.45, 7) is 29.1. The number of ether oxygens (including phenoxy) is 4. The molecule has 0 amide bonds. The number of aromatic nitrogens is 9. The van der Waals surface area contributed by atoms with Gasteiger partial charge in [-0.15, -0.1) is 22.7 Å². The van der Waals surface area contributed by atoms with Gasteiger partial charge in [-0.3, -0.25) is 24.7 Å². The van der Waals surface area contributed by atoms with Crippen LogP contribution in [0.3, 0.4) is 0 Å². The van der Waals surface area contributed by atoms with Crippen LogP contribution in [-0.2, 0) is 12.8 Å². The lowest BCUT2D eigenvalue weighted by molar-refractivity contribution is 0.0746. The predicted molar refractivity (Wildman–Crippen MR) is 334 cm³/mol. The van der Waals surface area contributed by atoms with Crippen LogP contribution in [0.2, 0.25) is 0 Å². The topological polar surface area (TPSA) is 175 Å². The number of nitrogens with one attached hydrogen (secondary N) is 1. The Hall–Kier alpha value is -6.65. The zero-order chi connectivity index (χ0) is 59.9. The average Bonchev–Trinajstić information content (AvgIpc) is 3.57. The summed E-state index contributed by atoms with van der Waals surface area (Å²) in [5.74, 6) is 4.52. The van der Waals surface area contributed by atoms with Crippen molar-refractivity contribution in [3.63, 3.8) is 0 Å². The van der Waals surface area contributed by atoms with Crippen molar-refractivity contribution in [3.05, 3.63) is 128 Å². The van der Waals surface area contributed by atoms with Crippen molar-refractivity contribution in [1.29, 1.82) is 0 Å². The van der Waals surface area contributed by atoms with E-state index in [1.54, 1.807) is 12.1 Å². The minimum Gasteiger partial charge on any atom is -0.490 e. The third kappa shape index (κ3) is 15.7. The molecule has 0 aliphatic carbocycles. The molecule has 4 aliphatic rings. The van der Waals surface area contributed by atoms with E-state index in [2.05, 4.69) is 84.8 Å². The molecule has 0 radical (unpaired) electrons. The minimum atomic E-state index is -0.254. The lowest BCUT2D eigenvalue weighted by Crippen LogP contribution is -2.40. The molecule has 8 aromatic heterocycles. The minimum absolute atomic E-state index is 0. The number of anilines is 1. The Morgan fingerprint density at radius 3 is 1.56 bits per heavy atom. The van der Waals surface area contributed by atoms with Gasteiger partial charge < -0.3 is 24.3 Å². The second-order valence-corrected chi connectivity index (χ2v) is 25.3. The third-order valence-electron chi connectivity index (χ3n) is 16.3. The summed E-state index contributed by atoms with van der Waals surface area (Å²) in [6, 6.07) is 15.4. The molecular formula is C64H83F2N13O4S2. The first-order chi connectivity index (χ1) is 40.9. The van der Waals surface area contributed by atoms with Crippen LogP contribution in [0, 0.1) is 53.2 Å². The number of thiazole rings is 2. The van der Waals surface area contributed by atoms with Gasteiger partial charge in [0.15, 0.2) is 22.9 Å². The molecule has 8 aromatic rings. The number of pyridine rings is 5. The Morgan fingerprint density at radius 2 is 1.05 bits per heavy atom. The van der Waals surface area contributed by atoms with Crippen LogP contribution >= 0.6 is 22.7 Å². The van der Waals surface area contributed by atoms with Gasteiger partial charge in [-0.1, -0.05) is 13.8 Å². The van der Waals surface area contributed by atoms with Crippen LogP contribution in [0.5, 0.6) is 23.1 Å². The van der Waals surface area contributed by atoms with Gasteiger partial charge in [0, 0.05) is 118 Å². The van der Waals surface area contributed by atoms with Gasteiger partial charge in [-0.25, -0.2) is 38.7 Å². The van der Waals surface area contributed by atoms with E-state index in [1.807, 2.05) is 98.8 Å². The number of hydrogen-bond acceptors (Lipinski definition) is 19. The molecular weight excluding hydrogens is 1120 g/mol. The number of halogens is 2. The van der Waals surface area contributed by atoms with Crippen LogP contribution in [0.4, 0.5) is 14.6 Å². The highest BCUT2D eigenvalue weighted by atomic mass is 32.1. The van der Waals surface area contributed by atoms with E-state index in [4.69, 9.17) is 18.9 Å². The number of nitrogens with zero attached hydrogens (tertiary/aromatic N) is 12. The summed E-state index contributed by atoms with van der Waals surface area (Å²) in [7, 11) is 0. The summed E-state index contributed by atoms with van der Waals surface area (Å²) in [5, 5.41) is 5.09. The van der Waals surface area contributed by atoms with Crippen molar-refractivity contribution in [2.45, 2.75) is 164 Å². The molecule has 3 fully saturated rings. The lowest BCUT2D eigenvalue weighted by atomic mass is 10.0. The highest BCUT2D eigenvalue weighted by Crippen LogP contribution is 2.35. The molecule has 12 rings (SSSR count). The van der Waals surface area contributed by atoms with E-state index >= 15 is 0 Å². The van der Waals surface area contributed by atoms with E-state index in [9.17, 15) is 8.78 Å². The number of hydrogen-bond donors (Lipinski definition) is 1. The zero-order valence-electron chi connectivity index (χ0n) is 51.0. The quantitative estimate of drug-likeness (QED) is 0.109. The third-order valence-corrected chi connectivity index (χ3v) is 18.1. The maximum atomic E-state index is 14.7. The van der Waals surface area contributed by atoms with Crippen LogP contribution in [-0.4, -0.2) is 130 Å². The number of rotatable bonds is 14. The van der Waals surface area contributed by atoms with Gasteiger partial charge in [0.05, 0.1) is 49.4 Å². The second kappa shape index (κ2) is 27.8. The van der Waals surface area contributed by atoms with Crippen molar-refractivity contribution in [2.75, 3.05) is 57.7 Å². The molecule has 0 saturated carbocycles. The van der Waals surface area contributed by atoms with Gasteiger partial charge in [0.25, 0.3) is 0 Å². The van der Waals surface area contributed by atoms with E-state index in [-0.39, 0.29) is 43.5 Å². The van der Waals surface area contributed by atoms with Crippen LogP contribution in [0.25, 0.3) is 20.7 Å². The van der Waals surface area contributed by atoms with E-state index in [1.165, 1.54) is 28.2 Å². The smallest absolute Gasteiger partial charge is 0.217 e. The molecule has 3 saturated heterocycles. The molecule has 85 heavy (non-hydrogen) atoms. The molecule has 0 spiro atoms. The van der Waals surface area contributed by atoms with Crippen molar-refractivity contribution >= 4 is 49.2 Å². The fraction of sp³-hybridized carbons (Fsp3) is 0.516. The van der Waals surface area contributed by atoms with Crippen molar-refractivity contribution in [2.24, 2.45) is 0 Å². The van der Waals surface area contributed by atoms with E-state index in [0.29, 0.717) is 41.2 Å². The predicted octanol–water partition coefficient (Wildman–Crippen LogP) is 13.2. The number of piperidine rings is 3. The number of aryl methyl sites for hydroxylation is 8. The Kier molecular flexibility index (Phi) is 20.1. The molecule has 4 aliphatic heterocycles. The zero-order valence-corrected chi connectivity index (χ0v) is 52.7. The molecule has 12 heterocycles. The first-order valence-electron chi connectivity index (χ1n) is 30.2. The van der Waals surface area contributed by atoms with Gasteiger partial charge in [0.2, 0.25) is 5.88 Å². The summed E-state index contributed by atoms with van der Waals surface area (Å²) >= 11 is 2.95. The first-order valence-corrected chi connectivity index (χ1v) is 31.8. The fourth-order valence-electron chi connectivity index (χ4n) is 11.7. The molecule has 0 aromatic carbocycles. The molecule has 17 nitrogen and oxygen atoms in total. The van der Waals surface area contributed by atoms with Crippen molar-refractivity contribution in [1.82, 2.24) is 59.6 Å². The summed E-state index contributed by atoms with van der Waals surface area (Å²) in [5.41, 5.74) is 8.43. The molecule has 3 atom stereocenters. The van der Waals surface area contributed by atoms with Crippen LogP contribution < -0.4 is 24.3 Å². The molecule has 0 bridgehead atoms. The molecule has 454 valence electrons. The van der Waals surface area contributed by atoms with E-state index < -0.39 is 0 Å². The fourth-order valence-corrected chi connectivity index (χ4v) is 13.3. The standard InChI is InChI=1S/C22H27FN4OS.C21H26FN5OS.C21H28N4O2.H2/c1-5-16-11-18(10-13(2)24-16)28-17-6-8-27(9-7-17)14(3)21-19(23)12-20-22(26-21)25-15(4)29-20;1-5-18-23-12(2)10-19(25-18)28-15-6-8-27(9-7-15)13(3)20-16(22)11-17-21(26-20)24-14(4)29-17;1-14-10-19(11-15(2)24-14)27-18-4-7-25(8-5-18)16(3)17-12-20-21(23-13-17)22-6-9-26-20;/h10-12,14,17H,5-9H2,1-4H3;10-11,13,15H,5-9H2,1-4H3;10-13,16,18H,4-9H2,1-3H3,(H,22,23);1H. The lowest BCUT2D eigenvalue weighted by Gasteiger charge is -2.36. The molecule has 3 unspecified atom stereocenters. The Bertz CT molecular complexity index is 3390. The van der Waals surface area contributed by atoms with Gasteiger partial charge in [-0.05, 0) is 131 Å². The maximum Gasteiger partial charge on any atom is 0.217 e. The van der Waals surface area contributed by atoms with Crippen LogP contribution in [0.1, 0.15) is 154 Å². The maximum absolute atomic E-state index is 14.7. The van der Waals surface area contributed by atoms with Crippen molar-refractivity contribution in [3.8, 4) is 23.1 Å². The number of likely N-dealkylation sites (tertiary alicyclic amines) is 3. The summed E-state index contributed by atoms with van der Waals surface area (Å²) in [6.07, 6.45) is 9.82. The Balaban J connectivity index is 0.000000153. The van der Waals surface area contributed by atoms with Gasteiger partial charge in [-0.2, -0.15) is 4.98 Å². The molecule has 1 N–H and O–H groups in total. The Morgan fingerprint density at radius 1 is 0.565 bits per heavy atom. The highest BCUT2D eigenvalue weighted by Gasteiger charge is 2.31. The second-order valence-electron chi connectivity index (χ2n) is 22.8. The monoisotopic (exact) mass is 1200 g/mol. The largest absolute Gasteiger partial charge is 0.490 e. The van der Waals surface area contributed by atoms with Crippen molar-refractivity contribution < 1.29 is 29.2 Å².